The van der Waals surface area contributed by atoms with E-state index in [1.165, 1.54) is 6.20 Å². The number of hydrogen-bond donors (Lipinski definition) is 2. The van der Waals surface area contributed by atoms with Crippen molar-refractivity contribution in [2.24, 2.45) is 0 Å². The number of hydrogen-bond acceptors (Lipinski definition) is 3. The third kappa shape index (κ3) is 2.08. The zero-order valence-electron chi connectivity index (χ0n) is 8.10. The van der Waals surface area contributed by atoms with Crippen molar-refractivity contribution in [3.05, 3.63) is 57.4 Å². The summed E-state index contributed by atoms with van der Waals surface area (Å²) < 4.78 is 12.8. The van der Waals surface area contributed by atoms with E-state index in [0.717, 1.165) is 0 Å². The summed E-state index contributed by atoms with van der Waals surface area (Å²) in [7, 11) is 0. The Morgan fingerprint density at radius 1 is 1.06 bits per heavy atom. The Labute approximate surface area is 94.2 Å². The fourth-order valence-electron chi connectivity index (χ4n) is 1.21. The molecule has 2 rings (SSSR count). The summed E-state index contributed by atoms with van der Waals surface area (Å²) in [6.07, 6.45) is 1.21. The second-order valence-electron chi connectivity index (χ2n) is 3.02. The molecule has 0 bridgehead atoms. The van der Waals surface area contributed by atoms with Crippen LogP contribution in [0.5, 0.6) is 0 Å². The Morgan fingerprint density at radius 3 is 2.38 bits per heavy atom. The van der Waals surface area contributed by atoms with Gasteiger partial charge in [-0.15, -0.1) is 0 Å². The van der Waals surface area contributed by atoms with Gasteiger partial charge in [0.05, 0.1) is 0 Å². The zero-order valence-corrected chi connectivity index (χ0v) is 9.81. The number of rotatable bonds is 2. The van der Waals surface area contributed by atoms with Gasteiger partial charge in [-0.25, -0.2) is 0 Å². The molecule has 0 aliphatic heterocycles. The topological polar surface area (TPSA) is 82.8 Å². The van der Waals surface area contributed by atoms with E-state index < -0.39 is 25.1 Å². The van der Waals surface area contributed by atoms with Crippen LogP contribution in [0.15, 0.2) is 46.1 Å². The van der Waals surface area contributed by atoms with Crippen LogP contribution in [-0.4, -0.2) is 23.8 Å². The van der Waals surface area contributed by atoms with E-state index >= 15 is 0 Å². The van der Waals surface area contributed by atoms with E-state index in [-0.39, 0.29) is 4.46 Å². The van der Waals surface area contributed by atoms with Crippen LogP contribution in [0.2, 0.25) is 0 Å². The van der Waals surface area contributed by atoms with E-state index in [2.05, 4.69) is 9.97 Å². The van der Waals surface area contributed by atoms with Gasteiger partial charge in [0.2, 0.25) is 0 Å². The van der Waals surface area contributed by atoms with Crippen molar-refractivity contribution < 1.29 is 3.83 Å². The molecule has 1 aromatic heterocycles. The van der Waals surface area contributed by atoms with Crippen molar-refractivity contribution >= 4 is 22.8 Å². The van der Waals surface area contributed by atoms with Crippen molar-refractivity contribution in [1.29, 1.82) is 0 Å². The van der Waals surface area contributed by atoms with Crippen molar-refractivity contribution in [2.75, 3.05) is 0 Å². The predicted octanol–water partition coefficient (Wildman–Crippen LogP) is -1.40. The Bertz CT molecular complexity index is 630. The number of benzene rings is 1. The van der Waals surface area contributed by atoms with Crippen LogP contribution in [0.4, 0.5) is 0 Å². The van der Waals surface area contributed by atoms with Crippen molar-refractivity contribution in [1.82, 2.24) is 9.97 Å². The Hall–Kier alpha value is -1.78. The van der Waals surface area contributed by atoms with E-state index in [4.69, 9.17) is 0 Å². The van der Waals surface area contributed by atoms with Gasteiger partial charge in [0.25, 0.3) is 0 Å². The minimum absolute atomic E-state index is 0.130. The van der Waals surface area contributed by atoms with Gasteiger partial charge in [-0.3, -0.25) is 0 Å². The average molecular weight is 283 g/mol. The third-order valence-corrected chi connectivity index (χ3v) is 4.89. The van der Waals surface area contributed by atoms with Gasteiger partial charge in [0.15, 0.2) is 0 Å². The van der Waals surface area contributed by atoms with Crippen LogP contribution in [0.25, 0.3) is 0 Å². The summed E-state index contributed by atoms with van der Waals surface area (Å²) in [5.74, 6) is 0. The monoisotopic (exact) mass is 284 g/mol. The molecule has 0 radical (unpaired) electrons. The van der Waals surface area contributed by atoms with E-state index in [1.54, 1.807) is 30.3 Å². The number of aromatic amines is 2. The first-order valence-corrected chi connectivity index (χ1v) is 6.88. The van der Waals surface area contributed by atoms with Gasteiger partial charge in [0, 0.05) is 0 Å². The van der Waals surface area contributed by atoms with Crippen LogP contribution >= 0.6 is 0 Å². The number of H-pyrrole nitrogens is 2. The Morgan fingerprint density at radius 2 is 1.75 bits per heavy atom. The van der Waals surface area contributed by atoms with Crippen molar-refractivity contribution in [3.8, 4) is 0 Å². The zero-order chi connectivity index (χ0) is 11.5. The molecule has 2 aromatic rings. The molecule has 1 heterocycles. The molecular formula is C10H8N2O3Se. The van der Waals surface area contributed by atoms with Crippen LogP contribution < -0.4 is 20.2 Å². The summed E-state index contributed by atoms with van der Waals surface area (Å²) >= 11 is -2.60. The number of nitrogens with one attached hydrogen (secondary N) is 2. The molecule has 5 nitrogen and oxygen atoms in total. The first kappa shape index (κ1) is 10.7. The SMILES string of the molecule is O=c1[nH]cc([Se](=O)c2ccccc2)c(=O)[nH]1. The fraction of sp³-hybridized carbons (Fsp3) is 0. The second kappa shape index (κ2) is 4.38. The van der Waals surface area contributed by atoms with Gasteiger partial charge >= 0.3 is 93.9 Å². The minimum atomic E-state index is -2.60. The van der Waals surface area contributed by atoms with E-state index in [9.17, 15) is 13.4 Å². The van der Waals surface area contributed by atoms with Crippen LogP contribution in [0.1, 0.15) is 0 Å². The van der Waals surface area contributed by atoms with Crippen LogP contribution in [0.3, 0.4) is 0 Å². The molecule has 0 amide bonds. The number of aromatic nitrogens is 2. The molecule has 0 aliphatic carbocycles. The standard InChI is InChI=1S/C10H8N2O3Se/c13-9-8(6-11-10(14)12-9)16(15)7-4-2-1-3-5-7/h1-6H,(H2,11,12,13,14). The second-order valence-corrected chi connectivity index (χ2v) is 6.06. The molecule has 0 fully saturated rings. The maximum atomic E-state index is 12.0. The molecule has 1 unspecified atom stereocenters. The van der Waals surface area contributed by atoms with E-state index in [0.29, 0.717) is 4.46 Å². The molecule has 0 saturated heterocycles. The Kier molecular flexibility index (Phi) is 2.94. The molecular weight excluding hydrogens is 275 g/mol. The molecule has 1 aromatic carbocycles. The maximum absolute atomic E-state index is 12.0. The summed E-state index contributed by atoms with van der Waals surface area (Å²) in [5, 5.41) is 0. The first-order chi connectivity index (χ1) is 7.68. The first-order valence-electron chi connectivity index (χ1n) is 4.47. The van der Waals surface area contributed by atoms with Gasteiger partial charge in [-0.2, -0.15) is 0 Å². The molecule has 0 aliphatic rings. The molecule has 82 valence electrons. The molecule has 16 heavy (non-hydrogen) atoms. The quantitative estimate of drug-likeness (QED) is 0.665. The molecule has 0 spiro atoms. The van der Waals surface area contributed by atoms with Crippen LogP contribution in [-0.2, 0) is 3.83 Å². The predicted molar refractivity (Wildman–Crippen MR) is 59.8 cm³/mol. The normalized spacial score (nSPS) is 12.2. The average Bonchev–Trinajstić information content (AvgIpc) is 2.29. The third-order valence-electron chi connectivity index (χ3n) is 1.94. The summed E-state index contributed by atoms with van der Waals surface area (Å²) in [4.78, 5) is 26.6. The molecule has 1 atom stereocenters. The van der Waals surface area contributed by atoms with Gasteiger partial charge in [0.1, 0.15) is 0 Å². The van der Waals surface area contributed by atoms with Crippen molar-refractivity contribution in [3.63, 3.8) is 0 Å². The summed E-state index contributed by atoms with van der Waals surface area (Å²) in [6.45, 7) is 0. The van der Waals surface area contributed by atoms with Crippen molar-refractivity contribution in [2.45, 2.75) is 0 Å². The molecule has 2 N–H and O–H groups in total. The molecule has 6 heteroatoms. The fourth-order valence-corrected chi connectivity index (χ4v) is 3.40. The Balaban J connectivity index is 2.51. The summed E-state index contributed by atoms with van der Waals surface area (Å²) in [6, 6.07) is 8.71. The summed E-state index contributed by atoms with van der Waals surface area (Å²) in [5.41, 5.74) is -1.19. The van der Waals surface area contributed by atoms with Gasteiger partial charge in [-0.1, -0.05) is 0 Å². The van der Waals surface area contributed by atoms with Crippen LogP contribution in [0, 0.1) is 0 Å². The van der Waals surface area contributed by atoms with Gasteiger partial charge in [-0.05, 0) is 0 Å². The molecule has 0 saturated carbocycles. The van der Waals surface area contributed by atoms with E-state index in [1.807, 2.05) is 0 Å². The van der Waals surface area contributed by atoms with Gasteiger partial charge < -0.3 is 0 Å².